The van der Waals surface area contributed by atoms with Gasteiger partial charge in [-0.25, -0.2) is 12.8 Å². The Labute approximate surface area is 146 Å². The molecule has 0 aliphatic rings. The van der Waals surface area contributed by atoms with E-state index >= 15 is 0 Å². The Morgan fingerprint density at radius 1 is 1.23 bits per heavy atom. The molecular weight excluding hydrogens is 378 g/mol. The summed E-state index contributed by atoms with van der Waals surface area (Å²) in [5, 5.41) is 18.2. The second kappa shape index (κ2) is 6.93. The lowest BCUT2D eigenvalue weighted by atomic mass is 10.1. The summed E-state index contributed by atoms with van der Waals surface area (Å²) in [6.07, 6.45) is 0. The molecule has 0 atom stereocenters. The molecule has 10 heteroatoms. The molecule has 0 fully saturated rings. The molecule has 2 rings (SSSR count). The van der Waals surface area contributed by atoms with Crippen molar-refractivity contribution in [3.05, 3.63) is 52.8 Å². The average molecular weight is 389 g/mol. The number of aliphatic hydroxyl groups is 1. The highest BCUT2D eigenvalue weighted by Gasteiger charge is 2.48. The summed E-state index contributed by atoms with van der Waals surface area (Å²) in [5.74, 6) is -0.972. The van der Waals surface area contributed by atoms with Gasteiger partial charge < -0.3 is 9.84 Å². The molecule has 0 aliphatic heterocycles. The van der Waals surface area contributed by atoms with Gasteiger partial charge in [0.15, 0.2) is 0 Å². The molecule has 0 bridgehead atoms. The Bertz CT molecular complexity index is 995. The molecule has 0 spiro atoms. The third-order valence-corrected chi connectivity index (χ3v) is 5.06. The lowest BCUT2D eigenvalue weighted by Gasteiger charge is -2.17. The molecule has 0 aliphatic carbocycles. The first kappa shape index (κ1) is 19.7. The van der Waals surface area contributed by atoms with Gasteiger partial charge in [0, 0.05) is 11.6 Å². The summed E-state index contributed by atoms with van der Waals surface area (Å²) in [5.41, 5.74) is -6.13. The Kier molecular flexibility index (Phi) is 5.25. The molecule has 1 N–H and O–H groups in total. The van der Waals surface area contributed by atoms with Crippen LogP contribution >= 0.6 is 0 Å². The van der Waals surface area contributed by atoms with Crippen molar-refractivity contribution in [1.82, 2.24) is 0 Å². The maximum Gasteiger partial charge on any atom is 0.501 e. The number of ether oxygens (including phenoxy) is 1. The fourth-order valence-corrected chi connectivity index (χ4v) is 3.25. The molecule has 0 saturated heterocycles. The van der Waals surface area contributed by atoms with Crippen LogP contribution in [0.4, 0.5) is 17.6 Å². The van der Waals surface area contributed by atoms with Crippen molar-refractivity contribution in [1.29, 1.82) is 5.26 Å². The van der Waals surface area contributed by atoms with Crippen molar-refractivity contribution in [2.75, 3.05) is 0 Å². The van der Waals surface area contributed by atoms with Gasteiger partial charge in [0.25, 0.3) is 9.84 Å². The largest absolute Gasteiger partial charge is 0.501 e. The topological polar surface area (TPSA) is 87.4 Å². The smallest absolute Gasteiger partial charge is 0.457 e. The van der Waals surface area contributed by atoms with E-state index in [2.05, 4.69) is 0 Å². The van der Waals surface area contributed by atoms with Crippen LogP contribution in [0, 0.1) is 24.1 Å². The Morgan fingerprint density at radius 3 is 2.42 bits per heavy atom. The first-order valence-corrected chi connectivity index (χ1v) is 8.43. The van der Waals surface area contributed by atoms with E-state index in [0.717, 1.165) is 18.2 Å². The number of nitrogens with zero attached hydrogens (tertiary/aromatic N) is 1. The quantitative estimate of drug-likeness (QED) is 0.808. The van der Waals surface area contributed by atoms with E-state index in [-0.39, 0.29) is 22.6 Å². The van der Waals surface area contributed by atoms with Crippen molar-refractivity contribution in [3.63, 3.8) is 0 Å². The van der Waals surface area contributed by atoms with Gasteiger partial charge in [0.05, 0.1) is 23.1 Å². The van der Waals surface area contributed by atoms with E-state index < -0.39 is 38.2 Å². The first-order valence-electron chi connectivity index (χ1n) is 6.94. The Hall–Kier alpha value is -2.64. The number of hydrogen-bond donors (Lipinski definition) is 1. The van der Waals surface area contributed by atoms with Crippen LogP contribution in [0.5, 0.6) is 11.5 Å². The van der Waals surface area contributed by atoms with Gasteiger partial charge in [0.2, 0.25) is 0 Å². The zero-order valence-electron chi connectivity index (χ0n) is 13.1. The normalized spacial score (nSPS) is 11.9. The van der Waals surface area contributed by atoms with Gasteiger partial charge >= 0.3 is 5.51 Å². The lowest BCUT2D eigenvalue weighted by molar-refractivity contribution is -0.0436. The molecule has 26 heavy (non-hydrogen) atoms. The summed E-state index contributed by atoms with van der Waals surface area (Å²) in [4.78, 5) is -1.09. The number of alkyl halides is 3. The number of halogens is 4. The van der Waals surface area contributed by atoms with Crippen LogP contribution in [-0.4, -0.2) is 19.0 Å². The SMILES string of the molecule is Cc1c(Oc2cc(F)cc(C#N)c2)ccc(S(=O)(=O)C(F)(F)F)c1CO. The van der Waals surface area contributed by atoms with Crippen LogP contribution < -0.4 is 4.74 Å². The van der Waals surface area contributed by atoms with Crippen LogP contribution in [0.2, 0.25) is 0 Å². The third-order valence-electron chi connectivity index (χ3n) is 3.49. The molecule has 0 amide bonds. The molecule has 0 saturated carbocycles. The zero-order valence-corrected chi connectivity index (χ0v) is 13.9. The monoisotopic (exact) mass is 389 g/mol. The number of sulfone groups is 1. The maximum absolute atomic E-state index is 13.4. The standard InChI is InChI=1S/C16H11F4NO4S/c1-9-13(8-22)15(26(23,24)16(18,19)20)3-2-14(9)25-12-5-10(7-21)4-11(17)6-12/h2-6,22H,8H2,1H3. The Morgan fingerprint density at radius 2 is 1.88 bits per heavy atom. The molecule has 0 aromatic heterocycles. The molecule has 5 nitrogen and oxygen atoms in total. The van der Waals surface area contributed by atoms with Gasteiger partial charge in [-0.05, 0) is 36.8 Å². The van der Waals surface area contributed by atoms with Crippen molar-refractivity contribution in [2.24, 2.45) is 0 Å². The lowest BCUT2D eigenvalue weighted by Crippen LogP contribution is -2.24. The number of nitriles is 1. The van der Waals surface area contributed by atoms with E-state index in [1.807, 2.05) is 0 Å². The van der Waals surface area contributed by atoms with Crippen LogP contribution in [0.1, 0.15) is 16.7 Å². The molecule has 2 aromatic rings. The van der Waals surface area contributed by atoms with E-state index in [1.165, 1.54) is 13.0 Å². The fourth-order valence-electron chi connectivity index (χ4n) is 2.21. The second-order valence-electron chi connectivity index (χ2n) is 5.16. The van der Waals surface area contributed by atoms with Crippen molar-refractivity contribution in [3.8, 4) is 17.6 Å². The summed E-state index contributed by atoms with van der Waals surface area (Å²) in [7, 11) is -5.67. The maximum atomic E-state index is 13.4. The molecular formula is C16H11F4NO4S. The van der Waals surface area contributed by atoms with Crippen LogP contribution in [-0.2, 0) is 16.4 Å². The summed E-state index contributed by atoms with van der Waals surface area (Å²) in [6.45, 7) is 0.265. The van der Waals surface area contributed by atoms with E-state index in [0.29, 0.717) is 6.07 Å². The van der Waals surface area contributed by atoms with E-state index in [9.17, 15) is 31.1 Å². The number of benzene rings is 2. The number of aliphatic hydroxyl groups excluding tert-OH is 1. The highest BCUT2D eigenvalue weighted by atomic mass is 32.2. The molecule has 0 unspecified atom stereocenters. The first-order chi connectivity index (χ1) is 12.0. The van der Waals surface area contributed by atoms with Crippen molar-refractivity contribution in [2.45, 2.75) is 23.9 Å². The van der Waals surface area contributed by atoms with Gasteiger partial charge in [-0.15, -0.1) is 0 Å². The summed E-state index contributed by atoms with van der Waals surface area (Å²) in [6, 6.07) is 6.42. The van der Waals surface area contributed by atoms with Crippen molar-refractivity contribution >= 4 is 9.84 Å². The minimum atomic E-state index is -5.67. The predicted molar refractivity (Wildman–Crippen MR) is 81.5 cm³/mol. The fraction of sp³-hybridized carbons (Fsp3) is 0.188. The van der Waals surface area contributed by atoms with Crippen LogP contribution in [0.25, 0.3) is 0 Å². The van der Waals surface area contributed by atoms with Crippen LogP contribution in [0.3, 0.4) is 0 Å². The van der Waals surface area contributed by atoms with Gasteiger partial charge in [-0.1, -0.05) is 0 Å². The minimum Gasteiger partial charge on any atom is -0.457 e. The van der Waals surface area contributed by atoms with Gasteiger partial charge in [-0.3, -0.25) is 0 Å². The zero-order chi connectivity index (χ0) is 19.7. The van der Waals surface area contributed by atoms with Gasteiger partial charge in [0.1, 0.15) is 17.3 Å². The third kappa shape index (κ3) is 3.63. The molecule has 138 valence electrons. The van der Waals surface area contributed by atoms with Crippen LogP contribution in [0.15, 0.2) is 35.2 Å². The van der Waals surface area contributed by atoms with Crippen molar-refractivity contribution < 1.29 is 35.8 Å². The molecule has 0 heterocycles. The predicted octanol–water partition coefficient (Wildman–Crippen LogP) is 3.58. The van der Waals surface area contributed by atoms with E-state index in [4.69, 9.17) is 10.00 Å². The number of rotatable bonds is 4. The highest BCUT2D eigenvalue weighted by molar-refractivity contribution is 7.92. The minimum absolute atomic E-state index is 0.0451. The van der Waals surface area contributed by atoms with Gasteiger partial charge in [-0.2, -0.15) is 18.4 Å². The summed E-state index contributed by atoms with van der Waals surface area (Å²) >= 11 is 0. The molecule has 2 aromatic carbocycles. The number of hydrogen-bond acceptors (Lipinski definition) is 5. The average Bonchev–Trinajstić information content (AvgIpc) is 2.54. The second-order valence-corrected chi connectivity index (χ2v) is 7.07. The molecule has 0 radical (unpaired) electrons. The summed E-state index contributed by atoms with van der Waals surface area (Å²) < 4.78 is 80.3. The van der Waals surface area contributed by atoms with E-state index in [1.54, 1.807) is 6.07 Å². The highest BCUT2D eigenvalue weighted by Crippen LogP contribution is 2.37. The Balaban J connectivity index is 2.55.